The maximum Gasteiger partial charge on any atom is 0.573 e. The SMILES string of the molecule is CC[C@]1(N2CCN(C(=O)c3ccccc3OC(F)(F)F)CC2)CCN(S(C)(=O)=O)C1. The monoisotopic (exact) mass is 449 g/mol. The number of nitrogens with zero attached hydrogens (tertiary/aromatic N) is 3. The molecule has 1 atom stereocenters. The minimum Gasteiger partial charge on any atom is -0.405 e. The smallest absolute Gasteiger partial charge is 0.405 e. The highest BCUT2D eigenvalue weighted by Gasteiger charge is 2.45. The standard InChI is InChI=1S/C19H26F3N3O4S/c1-3-18(8-9-25(14-18)30(2,27)28)24-12-10-23(11-13-24)17(26)15-6-4-5-7-16(15)29-19(20,21)22/h4-7H,3,8-14H2,1-2H3/t18-/m0/s1. The molecule has 0 N–H and O–H groups in total. The van der Waals surface area contributed by atoms with Gasteiger partial charge in [0, 0.05) is 44.8 Å². The zero-order chi connectivity index (χ0) is 22.2. The lowest BCUT2D eigenvalue weighted by atomic mass is 9.92. The van der Waals surface area contributed by atoms with Gasteiger partial charge in [0.05, 0.1) is 11.8 Å². The van der Waals surface area contributed by atoms with Gasteiger partial charge in [-0.15, -0.1) is 13.2 Å². The molecule has 2 aliphatic rings. The minimum absolute atomic E-state index is 0.127. The number of alkyl halides is 3. The summed E-state index contributed by atoms with van der Waals surface area (Å²) in [6.45, 7) is 4.65. The molecule has 2 aliphatic heterocycles. The number of hydrogen-bond acceptors (Lipinski definition) is 5. The second-order valence-electron chi connectivity index (χ2n) is 7.75. The van der Waals surface area contributed by atoms with Crippen LogP contribution in [0, 0.1) is 0 Å². The van der Waals surface area contributed by atoms with Crippen LogP contribution in [0.25, 0.3) is 0 Å². The van der Waals surface area contributed by atoms with Gasteiger partial charge in [-0.3, -0.25) is 9.69 Å². The molecule has 0 aliphatic carbocycles. The summed E-state index contributed by atoms with van der Waals surface area (Å²) < 4.78 is 67.3. The van der Waals surface area contributed by atoms with Gasteiger partial charge in [-0.25, -0.2) is 12.7 Å². The normalized spacial score (nSPS) is 24.2. The van der Waals surface area contributed by atoms with Crippen LogP contribution in [0.1, 0.15) is 30.1 Å². The van der Waals surface area contributed by atoms with Crippen molar-refractivity contribution < 1.29 is 31.1 Å². The van der Waals surface area contributed by atoms with Crippen molar-refractivity contribution in [2.75, 3.05) is 45.5 Å². The van der Waals surface area contributed by atoms with Crippen LogP contribution in [-0.2, 0) is 10.0 Å². The lowest BCUT2D eigenvalue weighted by Crippen LogP contribution is -2.59. The number of rotatable bonds is 5. The highest BCUT2D eigenvalue weighted by molar-refractivity contribution is 7.88. The molecule has 0 radical (unpaired) electrons. The second kappa shape index (κ2) is 8.35. The maximum absolute atomic E-state index is 12.8. The molecule has 0 aromatic heterocycles. The van der Waals surface area contributed by atoms with E-state index in [0.29, 0.717) is 45.7 Å². The molecule has 0 spiro atoms. The van der Waals surface area contributed by atoms with Crippen molar-refractivity contribution >= 4 is 15.9 Å². The van der Waals surface area contributed by atoms with E-state index in [2.05, 4.69) is 9.64 Å². The topological polar surface area (TPSA) is 70.2 Å². The Balaban J connectivity index is 1.68. The van der Waals surface area contributed by atoms with E-state index in [1.807, 2.05) is 6.92 Å². The predicted molar refractivity (Wildman–Crippen MR) is 105 cm³/mol. The lowest BCUT2D eigenvalue weighted by Gasteiger charge is -2.45. The number of amides is 1. The second-order valence-corrected chi connectivity index (χ2v) is 9.73. The van der Waals surface area contributed by atoms with Gasteiger partial charge < -0.3 is 9.64 Å². The summed E-state index contributed by atoms with van der Waals surface area (Å²) in [4.78, 5) is 16.6. The van der Waals surface area contributed by atoms with E-state index in [1.165, 1.54) is 33.7 Å². The van der Waals surface area contributed by atoms with E-state index in [9.17, 15) is 26.4 Å². The van der Waals surface area contributed by atoms with Crippen molar-refractivity contribution in [3.05, 3.63) is 29.8 Å². The van der Waals surface area contributed by atoms with Gasteiger partial charge in [-0.05, 0) is 25.0 Å². The molecular weight excluding hydrogens is 423 g/mol. The molecule has 0 bridgehead atoms. The number of carbonyl (C=O) groups is 1. The van der Waals surface area contributed by atoms with E-state index in [4.69, 9.17) is 0 Å². The molecule has 0 saturated carbocycles. The molecule has 2 fully saturated rings. The summed E-state index contributed by atoms with van der Waals surface area (Å²) in [5, 5.41) is 0. The number of hydrogen-bond donors (Lipinski definition) is 0. The molecule has 1 amide bonds. The Morgan fingerprint density at radius 1 is 1.13 bits per heavy atom. The van der Waals surface area contributed by atoms with Crippen LogP contribution in [-0.4, -0.2) is 85.9 Å². The number of carbonyl (C=O) groups excluding carboxylic acids is 1. The Morgan fingerprint density at radius 3 is 2.30 bits per heavy atom. The van der Waals surface area contributed by atoms with Crippen molar-refractivity contribution in [1.29, 1.82) is 0 Å². The van der Waals surface area contributed by atoms with Crippen LogP contribution in [0.4, 0.5) is 13.2 Å². The van der Waals surface area contributed by atoms with Crippen molar-refractivity contribution in [3.8, 4) is 5.75 Å². The number of halogens is 3. The molecule has 168 valence electrons. The van der Waals surface area contributed by atoms with E-state index in [-0.39, 0.29) is 11.1 Å². The fourth-order valence-electron chi connectivity index (χ4n) is 4.28. The Kier molecular flexibility index (Phi) is 6.35. The molecule has 2 heterocycles. The third kappa shape index (κ3) is 4.89. The van der Waals surface area contributed by atoms with Crippen molar-refractivity contribution in [2.24, 2.45) is 0 Å². The Hall–Kier alpha value is -1.85. The molecule has 2 saturated heterocycles. The first-order valence-electron chi connectivity index (χ1n) is 9.79. The van der Waals surface area contributed by atoms with Crippen molar-refractivity contribution in [3.63, 3.8) is 0 Å². The third-order valence-corrected chi connectivity index (χ3v) is 7.25. The quantitative estimate of drug-likeness (QED) is 0.689. The van der Waals surface area contributed by atoms with Crippen LogP contribution in [0.3, 0.4) is 0 Å². The molecule has 7 nitrogen and oxygen atoms in total. The first-order valence-corrected chi connectivity index (χ1v) is 11.6. The summed E-state index contributed by atoms with van der Waals surface area (Å²) in [6.07, 6.45) is -2.19. The zero-order valence-corrected chi connectivity index (χ0v) is 17.8. The maximum atomic E-state index is 12.8. The minimum atomic E-state index is -4.88. The summed E-state index contributed by atoms with van der Waals surface area (Å²) in [6, 6.07) is 5.33. The molecular formula is C19H26F3N3O4S. The summed E-state index contributed by atoms with van der Waals surface area (Å²) in [5.41, 5.74) is -0.409. The fraction of sp³-hybridized carbons (Fsp3) is 0.632. The molecule has 11 heteroatoms. The highest BCUT2D eigenvalue weighted by atomic mass is 32.2. The summed E-state index contributed by atoms with van der Waals surface area (Å²) in [5.74, 6) is -1.02. The number of para-hydroxylation sites is 1. The van der Waals surface area contributed by atoms with Crippen LogP contribution >= 0.6 is 0 Å². The summed E-state index contributed by atoms with van der Waals surface area (Å²) >= 11 is 0. The Bertz CT molecular complexity index is 885. The van der Waals surface area contributed by atoms with Crippen LogP contribution in [0.15, 0.2) is 24.3 Å². The predicted octanol–water partition coefficient (Wildman–Crippen LogP) is 2.16. The number of sulfonamides is 1. The van der Waals surface area contributed by atoms with E-state index < -0.39 is 28.0 Å². The van der Waals surface area contributed by atoms with Crippen LogP contribution < -0.4 is 4.74 Å². The largest absolute Gasteiger partial charge is 0.573 e. The average molecular weight is 449 g/mol. The van der Waals surface area contributed by atoms with Gasteiger partial charge >= 0.3 is 6.36 Å². The molecule has 3 rings (SSSR count). The number of benzene rings is 1. The molecule has 30 heavy (non-hydrogen) atoms. The third-order valence-electron chi connectivity index (χ3n) is 6.01. The van der Waals surface area contributed by atoms with E-state index >= 15 is 0 Å². The first kappa shape index (κ1) is 22.8. The number of ether oxygens (including phenoxy) is 1. The summed E-state index contributed by atoms with van der Waals surface area (Å²) in [7, 11) is -3.27. The zero-order valence-electron chi connectivity index (χ0n) is 17.0. The molecule has 0 unspecified atom stereocenters. The van der Waals surface area contributed by atoms with Gasteiger partial charge in [0.15, 0.2) is 0 Å². The fourth-order valence-corrected chi connectivity index (χ4v) is 5.18. The lowest BCUT2D eigenvalue weighted by molar-refractivity contribution is -0.274. The van der Waals surface area contributed by atoms with Crippen molar-refractivity contribution in [1.82, 2.24) is 14.1 Å². The highest BCUT2D eigenvalue weighted by Crippen LogP contribution is 2.34. The molecule has 1 aromatic rings. The van der Waals surface area contributed by atoms with Crippen molar-refractivity contribution in [2.45, 2.75) is 31.7 Å². The van der Waals surface area contributed by atoms with Gasteiger partial charge in [-0.1, -0.05) is 19.1 Å². The van der Waals surface area contributed by atoms with E-state index in [1.54, 1.807) is 0 Å². The molecule has 1 aromatic carbocycles. The van der Waals surface area contributed by atoms with Gasteiger partial charge in [0.1, 0.15) is 5.75 Å². The first-order chi connectivity index (χ1) is 14.0. The Labute approximate surface area is 174 Å². The Morgan fingerprint density at radius 2 is 1.77 bits per heavy atom. The van der Waals surface area contributed by atoms with Gasteiger partial charge in [0.2, 0.25) is 10.0 Å². The number of piperazine rings is 1. The van der Waals surface area contributed by atoms with Crippen LogP contribution in [0.2, 0.25) is 0 Å². The van der Waals surface area contributed by atoms with E-state index in [0.717, 1.165) is 12.5 Å². The van der Waals surface area contributed by atoms with Gasteiger partial charge in [-0.2, -0.15) is 0 Å². The van der Waals surface area contributed by atoms with Gasteiger partial charge in [0.25, 0.3) is 5.91 Å². The average Bonchev–Trinajstić information content (AvgIpc) is 3.13. The van der Waals surface area contributed by atoms with Crippen LogP contribution in [0.5, 0.6) is 5.75 Å².